The molecule has 0 fully saturated rings. The Labute approximate surface area is 86.6 Å². The number of nitrogens with two attached hydrogens (primary N) is 2. The molecule has 0 aromatic rings. The summed E-state index contributed by atoms with van der Waals surface area (Å²) < 4.78 is 8.88. The number of carbonyl (C=O) groups excluding carboxylic acids is 1. The standard InChI is InChI=1S/CH4N2O.Ca.H3O4P.2H/c2-1(3)4;;1-5(2,3)4;;/h(H4,2,3,4);;(H3,1,2,3,4);;. The number of amides is 2. The molecule has 0 saturated heterocycles. The maximum absolute atomic E-state index is 9.00. The molecule has 0 unspecified atom stereocenters. The summed E-state index contributed by atoms with van der Waals surface area (Å²) in [6.07, 6.45) is 0. The van der Waals surface area contributed by atoms with Crippen molar-refractivity contribution >= 4 is 51.6 Å². The summed E-state index contributed by atoms with van der Waals surface area (Å²) in [5, 5.41) is 0. The summed E-state index contributed by atoms with van der Waals surface area (Å²) in [6, 6.07) is -0.833. The van der Waals surface area contributed by atoms with Gasteiger partial charge in [0.1, 0.15) is 0 Å². The minimum absolute atomic E-state index is 0. The van der Waals surface area contributed by atoms with Gasteiger partial charge >= 0.3 is 51.6 Å². The Morgan fingerprint density at radius 3 is 1.20 bits per heavy atom. The fourth-order valence-corrected chi connectivity index (χ4v) is 0. The first-order valence-electron chi connectivity index (χ1n) is 1.56. The molecule has 9 heteroatoms. The van der Waals surface area contributed by atoms with Gasteiger partial charge in [-0.15, -0.1) is 0 Å². The molecule has 0 saturated carbocycles. The van der Waals surface area contributed by atoms with Gasteiger partial charge in [0.2, 0.25) is 0 Å². The third kappa shape index (κ3) is 1230. The van der Waals surface area contributed by atoms with Crippen LogP contribution in [-0.4, -0.2) is 58.4 Å². The van der Waals surface area contributed by atoms with Gasteiger partial charge in [0.05, 0.1) is 0 Å². The molecular formula is CH9CaN2O5P. The Hall–Kier alpha value is 0.640. The summed E-state index contributed by atoms with van der Waals surface area (Å²) in [7, 11) is -4.64. The second-order valence-electron chi connectivity index (χ2n) is 0.916. The third-order valence-electron chi connectivity index (χ3n) is 0. The zero-order valence-electron chi connectivity index (χ0n) is 4.26. The van der Waals surface area contributed by atoms with E-state index in [0.29, 0.717) is 0 Å². The molecular weight excluding hydrogens is 191 g/mol. The Kier molecular flexibility index (Phi) is 13.1. The average Bonchev–Trinajstić information content (AvgIpc) is 1.19. The van der Waals surface area contributed by atoms with Crippen LogP contribution in [0.2, 0.25) is 0 Å². The van der Waals surface area contributed by atoms with Crippen molar-refractivity contribution in [2.75, 3.05) is 0 Å². The second-order valence-corrected chi connectivity index (χ2v) is 1.94. The number of urea groups is 1. The average molecular weight is 200 g/mol. The van der Waals surface area contributed by atoms with Gasteiger partial charge in [-0.25, -0.2) is 9.36 Å². The van der Waals surface area contributed by atoms with E-state index >= 15 is 0 Å². The molecule has 2 amide bonds. The van der Waals surface area contributed by atoms with E-state index in [4.69, 9.17) is 24.0 Å². The first kappa shape index (κ1) is 16.9. The molecule has 0 rings (SSSR count). The fraction of sp³-hybridized carbons (Fsp3) is 0. The summed E-state index contributed by atoms with van der Waals surface area (Å²) in [5.74, 6) is 0. The van der Waals surface area contributed by atoms with Gasteiger partial charge in [-0.1, -0.05) is 0 Å². The molecule has 0 heterocycles. The van der Waals surface area contributed by atoms with Crippen LogP contribution in [0, 0.1) is 0 Å². The van der Waals surface area contributed by atoms with E-state index < -0.39 is 13.9 Å². The van der Waals surface area contributed by atoms with Gasteiger partial charge in [0, 0.05) is 0 Å². The molecule has 0 aromatic carbocycles. The van der Waals surface area contributed by atoms with E-state index in [1.165, 1.54) is 0 Å². The molecule has 7 nitrogen and oxygen atoms in total. The molecule has 60 valence electrons. The predicted molar refractivity (Wildman–Crippen MR) is 36.6 cm³/mol. The molecule has 0 atom stereocenters. The maximum atomic E-state index is 9.00. The monoisotopic (exact) mass is 200 g/mol. The van der Waals surface area contributed by atoms with E-state index in [9.17, 15) is 0 Å². The number of hydrogen-bond acceptors (Lipinski definition) is 2. The van der Waals surface area contributed by atoms with Crippen molar-refractivity contribution in [1.29, 1.82) is 0 Å². The minimum atomic E-state index is -4.64. The molecule has 0 spiro atoms. The van der Waals surface area contributed by atoms with Crippen molar-refractivity contribution < 1.29 is 24.0 Å². The van der Waals surface area contributed by atoms with E-state index in [1.54, 1.807) is 0 Å². The van der Waals surface area contributed by atoms with Crippen LogP contribution < -0.4 is 11.5 Å². The van der Waals surface area contributed by atoms with Crippen LogP contribution in [0.5, 0.6) is 0 Å². The Morgan fingerprint density at radius 1 is 1.20 bits per heavy atom. The van der Waals surface area contributed by atoms with Crippen molar-refractivity contribution in [3.05, 3.63) is 0 Å². The van der Waals surface area contributed by atoms with E-state index in [-0.39, 0.29) is 37.7 Å². The number of hydrogen-bond donors (Lipinski definition) is 5. The fourth-order valence-electron chi connectivity index (χ4n) is 0. The van der Waals surface area contributed by atoms with Crippen molar-refractivity contribution in [2.24, 2.45) is 11.5 Å². The Morgan fingerprint density at radius 2 is 1.20 bits per heavy atom. The van der Waals surface area contributed by atoms with Gasteiger partial charge < -0.3 is 26.1 Å². The third-order valence-corrected chi connectivity index (χ3v) is 0. The van der Waals surface area contributed by atoms with Crippen molar-refractivity contribution in [3.63, 3.8) is 0 Å². The first-order chi connectivity index (χ1) is 3.73. The quantitative estimate of drug-likeness (QED) is 0.211. The summed E-state index contributed by atoms with van der Waals surface area (Å²) in [6.45, 7) is 0. The predicted octanol–water partition coefficient (Wildman–Crippen LogP) is -2.82. The molecule has 7 N–H and O–H groups in total. The van der Waals surface area contributed by atoms with Crippen molar-refractivity contribution in [1.82, 2.24) is 0 Å². The molecule has 0 aliphatic carbocycles. The van der Waals surface area contributed by atoms with Crippen LogP contribution in [0.3, 0.4) is 0 Å². The van der Waals surface area contributed by atoms with Crippen LogP contribution >= 0.6 is 7.82 Å². The van der Waals surface area contributed by atoms with Crippen molar-refractivity contribution in [3.8, 4) is 0 Å². The van der Waals surface area contributed by atoms with Gasteiger partial charge in [-0.2, -0.15) is 0 Å². The van der Waals surface area contributed by atoms with Crippen LogP contribution in [0.15, 0.2) is 0 Å². The zero-order chi connectivity index (χ0) is 8.08. The summed E-state index contributed by atoms with van der Waals surface area (Å²) >= 11 is 0. The number of phosphoric acid groups is 1. The summed E-state index contributed by atoms with van der Waals surface area (Å²) in [5.41, 5.74) is 8.50. The second kappa shape index (κ2) is 7.74. The number of primary amides is 2. The van der Waals surface area contributed by atoms with E-state index in [2.05, 4.69) is 11.5 Å². The topological polar surface area (TPSA) is 147 Å². The van der Waals surface area contributed by atoms with Crippen molar-refractivity contribution in [2.45, 2.75) is 0 Å². The SMILES string of the molecule is NC(N)=O.O=P(O)(O)O.[CaH2]. The van der Waals surface area contributed by atoms with Crippen LogP contribution in [0.25, 0.3) is 0 Å². The van der Waals surface area contributed by atoms with Crippen LogP contribution in [0.1, 0.15) is 0 Å². The Balaban J connectivity index is -0.0000000910. The summed E-state index contributed by atoms with van der Waals surface area (Å²) in [4.78, 5) is 30.6. The van der Waals surface area contributed by atoms with Gasteiger partial charge in [-0.05, 0) is 0 Å². The molecule has 0 aromatic heterocycles. The molecule has 0 bridgehead atoms. The zero-order valence-corrected chi connectivity index (χ0v) is 5.15. The van der Waals surface area contributed by atoms with E-state index in [0.717, 1.165) is 0 Å². The molecule has 0 aliphatic rings. The van der Waals surface area contributed by atoms with Gasteiger partial charge in [-0.3, -0.25) is 0 Å². The van der Waals surface area contributed by atoms with E-state index in [1.807, 2.05) is 0 Å². The Bertz CT molecular complexity index is 119. The normalized spacial score (nSPS) is 8.30. The van der Waals surface area contributed by atoms with Gasteiger partial charge in [0.25, 0.3) is 0 Å². The number of carbonyl (C=O) groups is 1. The van der Waals surface area contributed by atoms with Gasteiger partial charge in [0.15, 0.2) is 0 Å². The first-order valence-corrected chi connectivity index (χ1v) is 3.13. The molecule has 0 radical (unpaired) electrons. The molecule has 0 aliphatic heterocycles. The number of rotatable bonds is 0. The van der Waals surface area contributed by atoms with Crippen LogP contribution in [-0.2, 0) is 4.57 Å². The molecule has 10 heavy (non-hydrogen) atoms. The van der Waals surface area contributed by atoms with Crippen LogP contribution in [0.4, 0.5) is 4.79 Å².